The molecule has 0 aliphatic carbocycles. The van der Waals surface area contributed by atoms with E-state index < -0.39 is 0 Å². The van der Waals surface area contributed by atoms with E-state index >= 15 is 0 Å². The molecule has 1 aromatic rings. The smallest absolute Gasteiger partial charge is 0.240 e. The Balaban J connectivity index is 0.00000144. The Morgan fingerprint density at radius 1 is 1.46 bits per heavy atom. The van der Waals surface area contributed by atoms with Crippen molar-refractivity contribution in [1.82, 2.24) is 15.5 Å². The topological polar surface area (TPSA) is 51.0 Å². The average molecular weight is 206 g/mol. The van der Waals surface area contributed by atoms with Crippen LogP contribution in [0.4, 0.5) is 0 Å². The van der Waals surface area contributed by atoms with Gasteiger partial charge >= 0.3 is 0 Å². The third-order valence-corrected chi connectivity index (χ3v) is 1.53. The maximum absolute atomic E-state index is 5.00. The normalized spacial score (nSPS) is 10.2. The molecular formula is C8H16ClN3O. The first-order chi connectivity index (χ1) is 5.74. The predicted octanol–water partition coefficient (Wildman–Crippen LogP) is 1.72. The van der Waals surface area contributed by atoms with Crippen LogP contribution in [0.15, 0.2) is 4.52 Å². The lowest BCUT2D eigenvalue weighted by molar-refractivity contribution is 0.362. The van der Waals surface area contributed by atoms with Gasteiger partial charge in [0.15, 0.2) is 5.82 Å². The molecule has 0 saturated carbocycles. The van der Waals surface area contributed by atoms with Gasteiger partial charge in [-0.15, -0.1) is 12.4 Å². The molecule has 1 rings (SSSR count). The van der Waals surface area contributed by atoms with Gasteiger partial charge in [0.05, 0.1) is 6.54 Å². The van der Waals surface area contributed by atoms with Gasteiger partial charge < -0.3 is 9.84 Å². The molecular weight excluding hydrogens is 190 g/mol. The number of hydrogen-bond donors (Lipinski definition) is 1. The molecule has 0 aromatic carbocycles. The van der Waals surface area contributed by atoms with E-state index in [2.05, 4.69) is 15.5 Å². The van der Waals surface area contributed by atoms with Crippen LogP contribution in [0.25, 0.3) is 0 Å². The van der Waals surface area contributed by atoms with Gasteiger partial charge in [-0.2, -0.15) is 4.98 Å². The molecule has 76 valence electrons. The zero-order valence-corrected chi connectivity index (χ0v) is 9.02. The lowest BCUT2D eigenvalue weighted by Crippen LogP contribution is -2.11. The van der Waals surface area contributed by atoms with Crippen LogP contribution in [0.5, 0.6) is 0 Å². The summed E-state index contributed by atoms with van der Waals surface area (Å²) >= 11 is 0. The van der Waals surface area contributed by atoms with Gasteiger partial charge in [0, 0.05) is 5.92 Å². The zero-order chi connectivity index (χ0) is 8.97. The molecule has 13 heavy (non-hydrogen) atoms. The Labute approximate surface area is 84.5 Å². The van der Waals surface area contributed by atoms with Crippen LogP contribution in [0.1, 0.15) is 38.4 Å². The third-order valence-electron chi connectivity index (χ3n) is 1.53. The van der Waals surface area contributed by atoms with Crippen LogP contribution >= 0.6 is 12.4 Å². The minimum absolute atomic E-state index is 0. The van der Waals surface area contributed by atoms with E-state index in [0.717, 1.165) is 12.4 Å². The maximum Gasteiger partial charge on any atom is 0.240 e. The molecule has 4 nitrogen and oxygen atoms in total. The molecule has 0 atom stereocenters. The summed E-state index contributed by atoms with van der Waals surface area (Å²) in [6.07, 6.45) is 0. The minimum Gasteiger partial charge on any atom is -0.338 e. The standard InChI is InChI=1S/C8H15N3O.ClH/c1-4-9-5-7-10-8(6(2)3)11-12-7;/h6,9H,4-5H2,1-3H3;1H. The monoisotopic (exact) mass is 205 g/mol. The number of halogens is 1. The molecule has 0 aliphatic rings. The van der Waals surface area contributed by atoms with Crippen LogP contribution in [-0.2, 0) is 6.54 Å². The molecule has 0 bridgehead atoms. The molecule has 0 unspecified atom stereocenters. The molecule has 0 radical (unpaired) electrons. The van der Waals surface area contributed by atoms with Crippen LogP contribution in [0.3, 0.4) is 0 Å². The van der Waals surface area contributed by atoms with Gasteiger partial charge in [0.25, 0.3) is 0 Å². The summed E-state index contributed by atoms with van der Waals surface area (Å²) in [6, 6.07) is 0. The summed E-state index contributed by atoms with van der Waals surface area (Å²) in [6.45, 7) is 7.71. The fourth-order valence-corrected chi connectivity index (χ4v) is 0.806. The van der Waals surface area contributed by atoms with Gasteiger partial charge in [0.2, 0.25) is 5.89 Å². The summed E-state index contributed by atoms with van der Waals surface area (Å²) < 4.78 is 5.00. The molecule has 0 fully saturated rings. The van der Waals surface area contributed by atoms with Crippen LogP contribution in [-0.4, -0.2) is 16.7 Å². The number of hydrogen-bond acceptors (Lipinski definition) is 4. The molecule has 0 spiro atoms. The molecule has 1 heterocycles. The minimum atomic E-state index is 0. The number of aromatic nitrogens is 2. The quantitative estimate of drug-likeness (QED) is 0.814. The number of rotatable bonds is 4. The highest BCUT2D eigenvalue weighted by Gasteiger charge is 2.07. The largest absolute Gasteiger partial charge is 0.338 e. The Bertz CT molecular complexity index is 237. The van der Waals surface area contributed by atoms with E-state index in [1.54, 1.807) is 0 Å². The zero-order valence-electron chi connectivity index (χ0n) is 8.20. The van der Waals surface area contributed by atoms with Gasteiger partial charge in [0.1, 0.15) is 0 Å². The summed E-state index contributed by atoms with van der Waals surface area (Å²) in [5.41, 5.74) is 0. The van der Waals surface area contributed by atoms with Gasteiger partial charge in [-0.25, -0.2) is 0 Å². The van der Waals surface area contributed by atoms with E-state index in [1.807, 2.05) is 20.8 Å². The molecule has 0 amide bonds. The fraction of sp³-hybridized carbons (Fsp3) is 0.750. The highest BCUT2D eigenvalue weighted by Crippen LogP contribution is 2.08. The van der Waals surface area contributed by atoms with Gasteiger partial charge in [-0.3, -0.25) is 0 Å². The molecule has 5 heteroatoms. The molecule has 1 aromatic heterocycles. The van der Waals surface area contributed by atoms with Crippen molar-refractivity contribution in [3.63, 3.8) is 0 Å². The second kappa shape index (κ2) is 5.94. The van der Waals surface area contributed by atoms with E-state index in [-0.39, 0.29) is 12.4 Å². The molecule has 0 aliphatic heterocycles. The van der Waals surface area contributed by atoms with E-state index in [9.17, 15) is 0 Å². The SMILES string of the molecule is CCNCc1nc(C(C)C)no1.Cl. The Morgan fingerprint density at radius 2 is 2.15 bits per heavy atom. The van der Waals surface area contributed by atoms with Crippen molar-refractivity contribution in [2.75, 3.05) is 6.54 Å². The summed E-state index contributed by atoms with van der Waals surface area (Å²) in [7, 11) is 0. The van der Waals surface area contributed by atoms with Crippen molar-refractivity contribution in [1.29, 1.82) is 0 Å². The van der Waals surface area contributed by atoms with Gasteiger partial charge in [-0.1, -0.05) is 25.9 Å². The van der Waals surface area contributed by atoms with E-state index in [4.69, 9.17) is 4.52 Å². The summed E-state index contributed by atoms with van der Waals surface area (Å²) in [5, 5.41) is 6.96. The van der Waals surface area contributed by atoms with Gasteiger partial charge in [-0.05, 0) is 6.54 Å². The summed E-state index contributed by atoms with van der Waals surface area (Å²) in [5.74, 6) is 1.78. The molecule has 0 saturated heterocycles. The predicted molar refractivity (Wildman–Crippen MR) is 53.0 cm³/mol. The van der Waals surface area contributed by atoms with Crippen molar-refractivity contribution in [3.05, 3.63) is 11.7 Å². The highest BCUT2D eigenvalue weighted by atomic mass is 35.5. The Kier molecular flexibility index (Phi) is 5.66. The summed E-state index contributed by atoms with van der Waals surface area (Å²) in [4.78, 5) is 4.21. The first kappa shape index (κ1) is 12.4. The van der Waals surface area contributed by atoms with Crippen molar-refractivity contribution in [2.45, 2.75) is 33.2 Å². The van der Waals surface area contributed by atoms with E-state index in [1.165, 1.54) is 0 Å². The first-order valence-corrected chi connectivity index (χ1v) is 4.27. The van der Waals surface area contributed by atoms with Crippen molar-refractivity contribution >= 4 is 12.4 Å². The van der Waals surface area contributed by atoms with Crippen LogP contribution in [0.2, 0.25) is 0 Å². The third kappa shape index (κ3) is 3.74. The fourth-order valence-electron chi connectivity index (χ4n) is 0.806. The maximum atomic E-state index is 5.00. The second-order valence-electron chi connectivity index (χ2n) is 2.98. The van der Waals surface area contributed by atoms with Crippen LogP contribution < -0.4 is 5.32 Å². The lowest BCUT2D eigenvalue weighted by Gasteiger charge is -1.93. The second-order valence-corrected chi connectivity index (χ2v) is 2.98. The van der Waals surface area contributed by atoms with Crippen molar-refractivity contribution in [2.24, 2.45) is 0 Å². The Morgan fingerprint density at radius 3 is 2.62 bits per heavy atom. The lowest BCUT2D eigenvalue weighted by atomic mass is 10.2. The number of nitrogens with zero attached hydrogens (tertiary/aromatic N) is 2. The van der Waals surface area contributed by atoms with Crippen LogP contribution in [0, 0.1) is 0 Å². The highest BCUT2D eigenvalue weighted by molar-refractivity contribution is 5.85. The Hall–Kier alpha value is -0.610. The van der Waals surface area contributed by atoms with E-state index in [0.29, 0.717) is 18.4 Å². The van der Waals surface area contributed by atoms with Crippen molar-refractivity contribution in [3.8, 4) is 0 Å². The van der Waals surface area contributed by atoms with Crippen molar-refractivity contribution < 1.29 is 4.52 Å². The first-order valence-electron chi connectivity index (χ1n) is 4.27. The molecule has 1 N–H and O–H groups in total. The average Bonchev–Trinajstić information content (AvgIpc) is 2.48. The number of nitrogens with one attached hydrogen (secondary N) is 1.